The van der Waals surface area contributed by atoms with Crippen molar-refractivity contribution in [2.24, 2.45) is 10.9 Å². The summed E-state index contributed by atoms with van der Waals surface area (Å²) in [6.45, 7) is 7.27. The zero-order chi connectivity index (χ0) is 12.2. The number of nitrogens with zero attached hydrogens (tertiary/aromatic N) is 1. The van der Waals surface area contributed by atoms with Gasteiger partial charge in [-0.1, -0.05) is 31.9 Å². The van der Waals surface area contributed by atoms with Gasteiger partial charge in [0.25, 0.3) is 0 Å². The van der Waals surface area contributed by atoms with E-state index < -0.39 is 0 Å². The fourth-order valence-corrected chi connectivity index (χ4v) is 1.65. The Morgan fingerprint density at radius 1 is 1.31 bits per heavy atom. The van der Waals surface area contributed by atoms with Crippen LogP contribution in [0.15, 0.2) is 17.1 Å². The summed E-state index contributed by atoms with van der Waals surface area (Å²) in [7, 11) is 1.85. The first-order chi connectivity index (χ1) is 7.70. The minimum Gasteiger partial charge on any atom is -0.310 e. The van der Waals surface area contributed by atoms with Crippen molar-refractivity contribution in [3.63, 3.8) is 0 Å². The van der Waals surface area contributed by atoms with Gasteiger partial charge in [0.05, 0.1) is 0 Å². The molecule has 0 heterocycles. The molecule has 0 saturated carbocycles. The van der Waals surface area contributed by atoms with Gasteiger partial charge in [-0.05, 0) is 32.6 Å². The molecule has 0 rings (SSSR count). The molecule has 1 atom stereocenters. The standard InChI is InChI=1S/C13H27N3/c1-5-9-12(2)10-7-6-8-11-15-13(3)16-14-4/h5,9,12,14H,6-8,10-11H2,1-4H3,(H,15,16). The number of unbranched alkanes of at least 4 members (excludes halogenated alkanes) is 2. The molecule has 0 fully saturated rings. The van der Waals surface area contributed by atoms with Gasteiger partial charge in [0.1, 0.15) is 5.84 Å². The molecule has 0 aliphatic rings. The molecule has 0 amide bonds. The van der Waals surface area contributed by atoms with Crippen molar-refractivity contribution in [3.8, 4) is 0 Å². The van der Waals surface area contributed by atoms with Crippen LogP contribution in [-0.4, -0.2) is 19.4 Å². The molecule has 16 heavy (non-hydrogen) atoms. The van der Waals surface area contributed by atoms with Crippen LogP contribution in [0.25, 0.3) is 0 Å². The van der Waals surface area contributed by atoms with Crippen LogP contribution in [0.2, 0.25) is 0 Å². The maximum atomic E-state index is 4.40. The number of nitrogens with one attached hydrogen (secondary N) is 2. The van der Waals surface area contributed by atoms with Crippen LogP contribution in [0.1, 0.15) is 46.5 Å². The van der Waals surface area contributed by atoms with Gasteiger partial charge in [0.2, 0.25) is 0 Å². The highest BCUT2D eigenvalue weighted by Gasteiger charge is 1.96. The summed E-state index contributed by atoms with van der Waals surface area (Å²) in [5.74, 6) is 1.69. The van der Waals surface area contributed by atoms with E-state index in [1.807, 2.05) is 14.0 Å². The molecule has 0 aromatic heterocycles. The van der Waals surface area contributed by atoms with Crippen molar-refractivity contribution in [1.29, 1.82) is 0 Å². The summed E-state index contributed by atoms with van der Waals surface area (Å²) in [4.78, 5) is 4.40. The molecule has 0 aromatic rings. The van der Waals surface area contributed by atoms with Crippen LogP contribution >= 0.6 is 0 Å². The Morgan fingerprint density at radius 2 is 2.06 bits per heavy atom. The number of hydrogen-bond donors (Lipinski definition) is 2. The van der Waals surface area contributed by atoms with Crippen LogP contribution in [0.5, 0.6) is 0 Å². The fourth-order valence-electron chi connectivity index (χ4n) is 1.65. The minimum atomic E-state index is 0.723. The zero-order valence-corrected chi connectivity index (χ0v) is 11.2. The van der Waals surface area contributed by atoms with Gasteiger partial charge in [-0.15, -0.1) is 0 Å². The molecule has 1 unspecified atom stereocenters. The number of allylic oxidation sites excluding steroid dienone is 2. The fraction of sp³-hybridized carbons (Fsp3) is 0.769. The highest BCUT2D eigenvalue weighted by atomic mass is 15.4. The van der Waals surface area contributed by atoms with Gasteiger partial charge >= 0.3 is 0 Å². The van der Waals surface area contributed by atoms with Crippen LogP contribution in [0.4, 0.5) is 0 Å². The van der Waals surface area contributed by atoms with Crippen LogP contribution in [0, 0.1) is 5.92 Å². The number of amidine groups is 1. The maximum absolute atomic E-state index is 4.40. The van der Waals surface area contributed by atoms with Gasteiger partial charge in [0, 0.05) is 13.6 Å². The molecular weight excluding hydrogens is 198 g/mol. The van der Waals surface area contributed by atoms with Crippen molar-refractivity contribution in [1.82, 2.24) is 10.9 Å². The van der Waals surface area contributed by atoms with Crippen molar-refractivity contribution < 1.29 is 0 Å². The van der Waals surface area contributed by atoms with E-state index in [0.717, 1.165) is 18.3 Å². The van der Waals surface area contributed by atoms with Crippen molar-refractivity contribution in [2.45, 2.75) is 46.5 Å². The van der Waals surface area contributed by atoms with E-state index in [2.05, 4.69) is 41.8 Å². The predicted molar refractivity (Wildman–Crippen MR) is 72.6 cm³/mol. The monoisotopic (exact) mass is 225 g/mol. The third kappa shape index (κ3) is 9.71. The molecule has 0 radical (unpaired) electrons. The average molecular weight is 225 g/mol. The lowest BCUT2D eigenvalue weighted by Gasteiger charge is -2.05. The van der Waals surface area contributed by atoms with Gasteiger partial charge in [-0.3, -0.25) is 4.99 Å². The molecule has 0 aliphatic heterocycles. The topological polar surface area (TPSA) is 36.4 Å². The van der Waals surface area contributed by atoms with Crippen molar-refractivity contribution >= 4 is 5.84 Å². The Morgan fingerprint density at radius 3 is 2.69 bits per heavy atom. The van der Waals surface area contributed by atoms with E-state index in [0.29, 0.717) is 0 Å². The second-order valence-corrected chi connectivity index (χ2v) is 4.19. The minimum absolute atomic E-state index is 0.723. The zero-order valence-electron chi connectivity index (χ0n) is 11.2. The summed E-state index contributed by atoms with van der Waals surface area (Å²) in [5.41, 5.74) is 5.82. The summed E-state index contributed by atoms with van der Waals surface area (Å²) in [5, 5.41) is 0. The first-order valence-electron chi connectivity index (χ1n) is 6.27. The molecule has 0 spiro atoms. The molecule has 0 bridgehead atoms. The Balaban J connectivity index is 3.36. The number of hydrazine groups is 1. The molecule has 0 aliphatic carbocycles. The summed E-state index contributed by atoms with van der Waals surface area (Å²) < 4.78 is 0. The SMILES string of the molecule is CC=CC(C)CCCCCN=C(C)NNC. The maximum Gasteiger partial charge on any atom is 0.107 e. The molecule has 3 nitrogen and oxygen atoms in total. The van der Waals surface area contributed by atoms with Crippen LogP contribution in [0.3, 0.4) is 0 Å². The lowest BCUT2D eigenvalue weighted by Crippen LogP contribution is -2.32. The van der Waals surface area contributed by atoms with E-state index in [4.69, 9.17) is 0 Å². The van der Waals surface area contributed by atoms with E-state index in [1.54, 1.807) is 0 Å². The molecule has 94 valence electrons. The Bertz CT molecular complexity index is 209. The molecule has 0 aromatic carbocycles. The van der Waals surface area contributed by atoms with E-state index in [-0.39, 0.29) is 0 Å². The van der Waals surface area contributed by atoms with Gasteiger partial charge in [-0.2, -0.15) is 0 Å². The molecule has 0 saturated heterocycles. The van der Waals surface area contributed by atoms with E-state index in [1.165, 1.54) is 25.7 Å². The van der Waals surface area contributed by atoms with E-state index >= 15 is 0 Å². The third-order valence-corrected chi connectivity index (χ3v) is 2.49. The lowest BCUT2D eigenvalue weighted by molar-refractivity contribution is 0.567. The Labute approximate surface area is 100 Å². The lowest BCUT2D eigenvalue weighted by atomic mass is 10.0. The largest absolute Gasteiger partial charge is 0.310 e. The molecule has 2 N–H and O–H groups in total. The summed E-state index contributed by atoms with van der Waals surface area (Å²) in [6, 6.07) is 0. The second-order valence-electron chi connectivity index (χ2n) is 4.19. The second kappa shape index (κ2) is 10.7. The quantitative estimate of drug-likeness (QED) is 0.219. The van der Waals surface area contributed by atoms with Crippen molar-refractivity contribution in [2.75, 3.05) is 13.6 Å². The Kier molecular flexibility index (Phi) is 10.1. The number of hydrogen-bond acceptors (Lipinski definition) is 2. The summed E-state index contributed by atoms with van der Waals surface area (Å²) in [6.07, 6.45) is 9.48. The number of rotatable bonds is 8. The predicted octanol–water partition coefficient (Wildman–Crippen LogP) is 2.90. The van der Waals surface area contributed by atoms with Gasteiger partial charge in [0.15, 0.2) is 0 Å². The normalized spacial score (nSPS) is 14.4. The number of aliphatic imine (C=N–C) groups is 1. The first-order valence-corrected chi connectivity index (χ1v) is 6.27. The Hall–Kier alpha value is -0.830. The van der Waals surface area contributed by atoms with Gasteiger partial charge < -0.3 is 5.43 Å². The average Bonchev–Trinajstić information content (AvgIpc) is 2.24. The molecular formula is C13H27N3. The molecule has 3 heteroatoms. The smallest absolute Gasteiger partial charge is 0.107 e. The van der Waals surface area contributed by atoms with E-state index in [9.17, 15) is 0 Å². The first kappa shape index (κ1) is 15.2. The van der Waals surface area contributed by atoms with Crippen LogP contribution < -0.4 is 10.9 Å². The highest BCUT2D eigenvalue weighted by Crippen LogP contribution is 2.10. The highest BCUT2D eigenvalue weighted by molar-refractivity contribution is 5.78. The summed E-state index contributed by atoms with van der Waals surface area (Å²) >= 11 is 0. The van der Waals surface area contributed by atoms with Crippen LogP contribution in [-0.2, 0) is 0 Å². The van der Waals surface area contributed by atoms with Crippen molar-refractivity contribution in [3.05, 3.63) is 12.2 Å². The third-order valence-electron chi connectivity index (χ3n) is 2.49. The van der Waals surface area contributed by atoms with Gasteiger partial charge in [-0.25, -0.2) is 5.43 Å².